The van der Waals surface area contributed by atoms with Crippen LogP contribution in [-0.2, 0) is 0 Å². The van der Waals surface area contributed by atoms with Gasteiger partial charge in [-0.3, -0.25) is 4.79 Å². The molecule has 4 nitrogen and oxygen atoms in total. The van der Waals surface area contributed by atoms with Crippen molar-refractivity contribution in [2.24, 2.45) is 5.92 Å². The van der Waals surface area contributed by atoms with Gasteiger partial charge in [-0.15, -0.1) is 0 Å². The number of carbonyl (C=O) groups is 1. The third kappa shape index (κ3) is 4.63. The Labute approximate surface area is 192 Å². The van der Waals surface area contributed by atoms with E-state index >= 15 is 0 Å². The van der Waals surface area contributed by atoms with E-state index < -0.39 is 0 Å². The van der Waals surface area contributed by atoms with Crippen LogP contribution in [0, 0.1) is 23.2 Å². The lowest BCUT2D eigenvalue weighted by Gasteiger charge is -2.22. The van der Waals surface area contributed by atoms with Gasteiger partial charge in [0.2, 0.25) is 0 Å². The third-order valence-corrected chi connectivity index (χ3v) is 7.01. The van der Waals surface area contributed by atoms with Crippen LogP contribution in [-0.4, -0.2) is 29.4 Å². The van der Waals surface area contributed by atoms with Crippen molar-refractivity contribution < 1.29 is 9.18 Å². The first-order chi connectivity index (χ1) is 15.5. The summed E-state index contributed by atoms with van der Waals surface area (Å²) in [5.74, 6) is -0.171. The van der Waals surface area contributed by atoms with Crippen LogP contribution in [0.1, 0.15) is 24.2 Å². The largest absolute Gasteiger partial charge is 0.347 e. The fraction of sp³-hybridized carbons (Fsp3) is 0.231. The van der Waals surface area contributed by atoms with Crippen molar-refractivity contribution in [3.8, 4) is 17.3 Å². The molecule has 0 radical (unpaired) electrons. The number of benzene rings is 3. The molecule has 6 heteroatoms. The van der Waals surface area contributed by atoms with Crippen molar-refractivity contribution >= 4 is 17.7 Å². The van der Waals surface area contributed by atoms with Gasteiger partial charge in [0.25, 0.3) is 5.91 Å². The first-order valence-corrected chi connectivity index (χ1v) is 11.4. The van der Waals surface area contributed by atoms with Gasteiger partial charge in [0, 0.05) is 21.9 Å². The van der Waals surface area contributed by atoms with Crippen LogP contribution in [0.5, 0.6) is 0 Å². The molecule has 0 aliphatic carbocycles. The number of nitriles is 1. The zero-order valence-electron chi connectivity index (χ0n) is 18.0. The van der Waals surface area contributed by atoms with Gasteiger partial charge < -0.3 is 10.2 Å². The van der Waals surface area contributed by atoms with Gasteiger partial charge in [-0.05, 0) is 66.4 Å². The molecule has 32 heavy (non-hydrogen) atoms. The summed E-state index contributed by atoms with van der Waals surface area (Å²) in [6, 6.07) is 22.0. The highest BCUT2D eigenvalue weighted by Gasteiger charge is 2.37. The summed E-state index contributed by atoms with van der Waals surface area (Å²) in [4.78, 5) is 16.6. The van der Waals surface area contributed by atoms with E-state index in [-0.39, 0.29) is 29.7 Å². The molecule has 1 fully saturated rings. The van der Waals surface area contributed by atoms with Crippen molar-refractivity contribution in [3.63, 3.8) is 0 Å². The number of amides is 1. The van der Waals surface area contributed by atoms with Crippen LogP contribution in [0.4, 0.5) is 4.39 Å². The van der Waals surface area contributed by atoms with Gasteiger partial charge >= 0.3 is 0 Å². The number of hydrogen-bond donors (Lipinski definition) is 1. The minimum Gasteiger partial charge on any atom is -0.347 e. The van der Waals surface area contributed by atoms with E-state index in [1.165, 1.54) is 12.1 Å². The van der Waals surface area contributed by atoms with Crippen molar-refractivity contribution in [2.75, 3.05) is 6.54 Å². The second-order valence-electron chi connectivity index (χ2n) is 8.10. The predicted molar refractivity (Wildman–Crippen MR) is 125 cm³/mol. The molecule has 3 atom stereocenters. The van der Waals surface area contributed by atoms with Gasteiger partial charge in [-0.25, -0.2) is 4.39 Å². The summed E-state index contributed by atoms with van der Waals surface area (Å²) in [5, 5.41) is 12.3. The molecule has 2 unspecified atom stereocenters. The molecule has 162 valence electrons. The van der Waals surface area contributed by atoms with E-state index in [2.05, 4.69) is 18.4 Å². The van der Waals surface area contributed by atoms with Gasteiger partial charge in [0.15, 0.2) is 6.19 Å². The summed E-state index contributed by atoms with van der Waals surface area (Å²) in [6.07, 6.45) is 2.20. The monoisotopic (exact) mass is 445 g/mol. The van der Waals surface area contributed by atoms with E-state index in [1.807, 2.05) is 55.5 Å². The van der Waals surface area contributed by atoms with Crippen LogP contribution in [0.15, 0.2) is 82.6 Å². The average Bonchev–Trinajstić information content (AvgIpc) is 3.08. The molecule has 1 heterocycles. The summed E-state index contributed by atoms with van der Waals surface area (Å²) in [5.41, 5.74) is 2.65. The van der Waals surface area contributed by atoms with E-state index in [0.717, 1.165) is 20.9 Å². The Kier molecular flexibility index (Phi) is 6.48. The smallest absolute Gasteiger partial charge is 0.251 e. The molecule has 0 spiro atoms. The average molecular weight is 446 g/mol. The van der Waals surface area contributed by atoms with Crippen molar-refractivity contribution in [3.05, 3.63) is 84.2 Å². The molecule has 4 rings (SSSR count). The fourth-order valence-electron chi connectivity index (χ4n) is 4.11. The normalized spacial score (nSPS) is 20.1. The molecule has 0 saturated carbocycles. The Bertz CT molecular complexity index is 1140. The molecule has 0 aromatic heterocycles. The molecule has 1 aliphatic rings. The highest BCUT2D eigenvalue weighted by atomic mass is 32.2. The summed E-state index contributed by atoms with van der Waals surface area (Å²) >= 11 is 1.58. The maximum Gasteiger partial charge on any atom is 0.251 e. The van der Waals surface area contributed by atoms with E-state index in [4.69, 9.17) is 0 Å². The zero-order valence-corrected chi connectivity index (χ0v) is 18.8. The molecule has 0 bridgehead atoms. The van der Waals surface area contributed by atoms with Crippen molar-refractivity contribution in [1.82, 2.24) is 10.2 Å². The Hall–Kier alpha value is -3.30. The standard InChI is InChI=1S/C26H24FN3OS/c1-17-15-30(16-28)18(2)25(17)29-26(31)20-9-7-19(8-10-20)23-5-3-4-6-24(23)32-22-13-11-21(27)12-14-22/h3-14,17-18,25H,15H2,1-2H3,(H,29,31)/t17?,18?,25-/m1/s1. The summed E-state index contributed by atoms with van der Waals surface area (Å²) < 4.78 is 13.2. The number of halogens is 1. The van der Waals surface area contributed by atoms with E-state index in [0.29, 0.717) is 12.1 Å². The first kappa shape index (κ1) is 21.9. The third-order valence-electron chi connectivity index (χ3n) is 5.92. The Morgan fingerprint density at radius 3 is 2.41 bits per heavy atom. The minimum absolute atomic E-state index is 0.0198. The SMILES string of the molecule is CC1CN(C#N)C(C)[C@@H]1NC(=O)c1ccc(-c2ccccc2Sc2ccc(F)cc2)cc1. The number of nitrogens with one attached hydrogen (secondary N) is 1. The van der Waals surface area contributed by atoms with Gasteiger partial charge in [-0.1, -0.05) is 49.0 Å². The second-order valence-corrected chi connectivity index (χ2v) is 9.21. The lowest BCUT2D eigenvalue weighted by atomic mass is 10.00. The maximum absolute atomic E-state index is 13.2. The lowest BCUT2D eigenvalue weighted by molar-refractivity contribution is 0.0924. The quantitative estimate of drug-likeness (QED) is 0.522. The number of rotatable bonds is 5. The van der Waals surface area contributed by atoms with Crippen LogP contribution < -0.4 is 5.32 Å². The molecule has 1 amide bonds. The van der Waals surface area contributed by atoms with E-state index in [9.17, 15) is 14.4 Å². The molecular weight excluding hydrogens is 421 g/mol. The zero-order chi connectivity index (χ0) is 22.7. The second kappa shape index (κ2) is 9.46. The first-order valence-electron chi connectivity index (χ1n) is 10.6. The van der Waals surface area contributed by atoms with Crippen molar-refractivity contribution in [2.45, 2.75) is 35.7 Å². The highest BCUT2D eigenvalue weighted by molar-refractivity contribution is 7.99. The number of hydrogen-bond acceptors (Lipinski definition) is 4. The number of likely N-dealkylation sites (tertiary alicyclic amines) is 1. The molecule has 1 aliphatic heterocycles. The number of carbonyl (C=O) groups excluding carboxylic acids is 1. The van der Waals surface area contributed by atoms with Gasteiger partial charge in [0.05, 0.1) is 12.1 Å². The predicted octanol–water partition coefficient (Wildman–Crippen LogP) is 5.56. The van der Waals surface area contributed by atoms with Gasteiger partial charge in [0.1, 0.15) is 5.82 Å². The Morgan fingerprint density at radius 2 is 1.75 bits per heavy atom. The summed E-state index contributed by atoms with van der Waals surface area (Å²) in [7, 11) is 0. The summed E-state index contributed by atoms with van der Waals surface area (Å²) in [6.45, 7) is 4.68. The van der Waals surface area contributed by atoms with Crippen LogP contribution >= 0.6 is 11.8 Å². The Morgan fingerprint density at radius 1 is 1.06 bits per heavy atom. The van der Waals surface area contributed by atoms with E-state index in [1.54, 1.807) is 28.8 Å². The number of nitrogens with zero attached hydrogens (tertiary/aromatic N) is 2. The van der Waals surface area contributed by atoms with Crippen LogP contribution in [0.2, 0.25) is 0 Å². The minimum atomic E-state index is -0.252. The molecule has 3 aromatic carbocycles. The van der Waals surface area contributed by atoms with Crippen LogP contribution in [0.3, 0.4) is 0 Å². The topological polar surface area (TPSA) is 56.1 Å². The fourth-order valence-corrected chi connectivity index (χ4v) is 5.08. The lowest BCUT2D eigenvalue weighted by Crippen LogP contribution is -2.44. The maximum atomic E-state index is 13.2. The molecule has 1 saturated heterocycles. The molecule has 1 N–H and O–H groups in total. The van der Waals surface area contributed by atoms with Gasteiger partial charge in [-0.2, -0.15) is 5.26 Å². The molecular formula is C26H24FN3OS. The van der Waals surface area contributed by atoms with Crippen LogP contribution in [0.25, 0.3) is 11.1 Å². The Balaban J connectivity index is 1.50. The molecule has 3 aromatic rings. The van der Waals surface area contributed by atoms with Crippen molar-refractivity contribution in [1.29, 1.82) is 5.26 Å². The highest BCUT2D eigenvalue weighted by Crippen LogP contribution is 2.36.